The monoisotopic (exact) mass is 435 g/mol. The third-order valence-corrected chi connectivity index (χ3v) is 6.74. The summed E-state index contributed by atoms with van der Waals surface area (Å²) in [4.78, 5) is 18.1. The fraction of sp³-hybridized carbons (Fsp3) is 0.524. The zero-order valence-corrected chi connectivity index (χ0v) is 18.3. The minimum Gasteiger partial charge on any atom is -0.383 e. The Balaban J connectivity index is 1.85. The van der Waals surface area contributed by atoms with Crippen LogP contribution in [0.1, 0.15) is 31.0 Å². The fourth-order valence-electron chi connectivity index (χ4n) is 3.58. The SMILES string of the molecule is COCCn1c(CN(C[C@@H]2CCCO2)C(C)=O)cnc1S(=O)(=O)Cc1ccccc1. The highest BCUT2D eigenvalue weighted by Gasteiger charge is 2.26. The lowest BCUT2D eigenvalue weighted by Crippen LogP contribution is -2.36. The van der Waals surface area contributed by atoms with Crippen LogP contribution < -0.4 is 0 Å². The lowest BCUT2D eigenvalue weighted by molar-refractivity contribution is -0.131. The number of ether oxygens (including phenoxy) is 2. The van der Waals surface area contributed by atoms with Crippen LogP contribution >= 0.6 is 0 Å². The molecule has 0 unspecified atom stereocenters. The maximum atomic E-state index is 13.1. The molecule has 0 N–H and O–H groups in total. The van der Waals surface area contributed by atoms with Gasteiger partial charge in [0.15, 0.2) is 0 Å². The van der Waals surface area contributed by atoms with Crippen LogP contribution in [0.2, 0.25) is 0 Å². The first-order chi connectivity index (χ1) is 14.4. The number of carbonyl (C=O) groups excluding carboxylic acids is 1. The van der Waals surface area contributed by atoms with E-state index in [4.69, 9.17) is 9.47 Å². The number of methoxy groups -OCH3 is 1. The van der Waals surface area contributed by atoms with E-state index in [0.29, 0.717) is 37.6 Å². The van der Waals surface area contributed by atoms with Crippen molar-refractivity contribution in [3.05, 3.63) is 47.8 Å². The van der Waals surface area contributed by atoms with Crippen molar-refractivity contribution in [2.24, 2.45) is 0 Å². The molecule has 2 heterocycles. The van der Waals surface area contributed by atoms with Crippen LogP contribution in [0, 0.1) is 0 Å². The summed E-state index contributed by atoms with van der Waals surface area (Å²) in [5.74, 6) is -0.220. The summed E-state index contributed by atoms with van der Waals surface area (Å²) in [5.41, 5.74) is 1.36. The van der Waals surface area contributed by atoms with Gasteiger partial charge < -0.3 is 18.9 Å². The van der Waals surface area contributed by atoms with Crippen molar-refractivity contribution in [3.8, 4) is 0 Å². The summed E-state index contributed by atoms with van der Waals surface area (Å²) >= 11 is 0. The Labute approximate surface area is 177 Å². The number of carbonyl (C=O) groups is 1. The van der Waals surface area contributed by atoms with Gasteiger partial charge in [-0.25, -0.2) is 13.4 Å². The van der Waals surface area contributed by atoms with E-state index < -0.39 is 9.84 Å². The Morgan fingerprint density at radius 3 is 2.73 bits per heavy atom. The predicted octanol–water partition coefficient (Wildman–Crippen LogP) is 2.03. The maximum absolute atomic E-state index is 13.1. The zero-order valence-electron chi connectivity index (χ0n) is 17.5. The molecule has 1 aromatic carbocycles. The maximum Gasteiger partial charge on any atom is 0.228 e. The number of aromatic nitrogens is 2. The van der Waals surface area contributed by atoms with Crippen molar-refractivity contribution < 1.29 is 22.7 Å². The van der Waals surface area contributed by atoms with Gasteiger partial charge >= 0.3 is 0 Å². The molecule has 0 bridgehead atoms. The van der Waals surface area contributed by atoms with Crippen LogP contribution in [-0.2, 0) is 42.9 Å². The van der Waals surface area contributed by atoms with Gasteiger partial charge in [0.25, 0.3) is 0 Å². The van der Waals surface area contributed by atoms with E-state index in [2.05, 4.69) is 4.98 Å². The third-order valence-electron chi connectivity index (χ3n) is 5.14. The predicted molar refractivity (Wildman–Crippen MR) is 111 cm³/mol. The second-order valence-electron chi connectivity index (χ2n) is 7.46. The quantitative estimate of drug-likeness (QED) is 0.567. The molecule has 0 aliphatic carbocycles. The molecule has 9 heteroatoms. The standard InChI is InChI=1S/C21H29N3O5S/c1-17(25)23(15-20-9-6-11-29-20)14-19-13-22-21(24(19)10-12-28-2)30(26,27)16-18-7-4-3-5-8-18/h3-5,7-8,13,20H,6,9-12,14-16H2,1-2H3/t20-/m0/s1. The highest BCUT2D eigenvalue weighted by molar-refractivity contribution is 7.90. The molecule has 1 fully saturated rings. The smallest absolute Gasteiger partial charge is 0.228 e. The third kappa shape index (κ3) is 5.68. The average Bonchev–Trinajstić information content (AvgIpc) is 3.36. The average molecular weight is 436 g/mol. The highest BCUT2D eigenvalue weighted by atomic mass is 32.2. The Kier molecular flexibility index (Phi) is 7.63. The molecule has 0 saturated carbocycles. The van der Waals surface area contributed by atoms with Crippen molar-refractivity contribution in [1.29, 1.82) is 0 Å². The van der Waals surface area contributed by atoms with E-state index in [1.807, 2.05) is 18.2 Å². The Hall–Kier alpha value is -2.23. The van der Waals surface area contributed by atoms with Crippen molar-refractivity contribution >= 4 is 15.7 Å². The first-order valence-electron chi connectivity index (χ1n) is 10.1. The van der Waals surface area contributed by atoms with Crippen LogP contribution in [-0.4, -0.2) is 61.7 Å². The first kappa shape index (κ1) is 22.5. The zero-order chi connectivity index (χ0) is 21.6. The number of imidazole rings is 1. The van der Waals surface area contributed by atoms with E-state index in [-0.39, 0.29) is 29.5 Å². The topological polar surface area (TPSA) is 90.7 Å². The number of amides is 1. The van der Waals surface area contributed by atoms with Crippen LogP contribution in [0.4, 0.5) is 0 Å². The summed E-state index contributed by atoms with van der Waals surface area (Å²) in [6.45, 7) is 3.65. The molecule has 164 valence electrons. The van der Waals surface area contributed by atoms with E-state index >= 15 is 0 Å². The fourth-order valence-corrected chi connectivity index (χ4v) is 5.10. The van der Waals surface area contributed by atoms with Crippen molar-refractivity contribution in [2.75, 3.05) is 26.9 Å². The number of benzene rings is 1. The Morgan fingerprint density at radius 1 is 1.33 bits per heavy atom. The number of nitrogens with zero attached hydrogens (tertiary/aromatic N) is 3. The molecule has 1 aromatic heterocycles. The molecule has 30 heavy (non-hydrogen) atoms. The molecule has 1 aliphatic rings. The molecule has 1 atom stereocenters. The number of rotatable bonds is 10. The Morgan fingerprint density at radius 2 is 2.10 bits per heavy atom. The second kappa shape index (κ2) is 10.2. The molecule has 2 aromatic rings. The van der Waals surface area contributed by atoms with Gasteiger partial charge in [0.05, 0.1) is 36.9 Å². The lowest BCUT2D eigenvalue weighted by atomic mass is 10.2. The number of hydrogen-bond acceptors (Lipinski definition) is 6. The summed E-state index contributed by atoms with van der Waals surface area (Å²) in [5, 5.41) is -0.000906. The number of sulfone groups is 1. The van der Waals surface area contributed by atoms with E-state index in [0.717, 1.165) is 12.8 Å². The van der Waals surface area contributed by atoms with Crippen LogP contribution in [0.3, 0.4) is 0 Å². The van der Waals surface area contributed by atoms with Gasteiger partial charge in [0.2, 0.25) is 20.9 Å². The molecule has 1 aliphatic heterocycles. The lowest BCUT2D eigenvalue weighted by Gasteiger charge is -2.24. The van der Waals surface area contributed by atoms with Gasteiger partial charge in [0.1, 0.15) is 0 Å². The molecule has 1 saturated heterocycles. The largest absolute Gasteiger partial charge is 0.383 e. The second-order valence-corrected chi connectivity index (χ2v) is 9.34. The molecule has 3 rings (SSSR count). The minimum atomic E-state index is -3.66. The Bertz CT molecular complexity index is 937. The molecule has 0 spiro atoms. The van der Waals surface area contributed by atoms with Gasteiger partial charge in [-0.15, -0.1) is 0 Å². The van der Waals surface area contributed by atoms with Gasteiger partial charge in [-0.05, 0) is 18.4 Å². The summed E-state index contributed by atoms with van der Waals surface area (Å²) in [6, 6.07) is 9.02. The molecule has 1 amide bonds. The number of hydrogen-bond donors (Lipinski definition) is 0. The van der Waals surface area contributed by atoms with Crippen LogP contribution in [0.25, 0.3) is 0 Å². The molecule has 0 radical (unpaired) electrons. The molecular formula is C21H29N3O5S. The summed E-state index contributed by atoms with van der Waals surface area (Å²) < 4.78 is 38.6. The van der Waals surface area contributed by atoms with E-state index in [9.17, 15) is 13.2 Å². The van der Waals surface area contributed by atoms with Gasteiger partial charge in [-0.3, -0.25) is 4.79 Å². The first-order valence-corrected chi connectivity index (χ1v) is 11.7. The van der Waals surface area contributed by atoms with Crippen LogP contribution in [0.5, 0.6) is 0 Å². The normalized spacial score (nSPS) is 16.7. The highest BCUT2D eigenvalue weighted by Crippen LogP contribution is 2.20. The summed E-state index contributed by atoms with van der Waals surface area (Å²) in [6.07, 6.45) is 3.47. The summed E-state index contributed by atoms with van der Waals surface area (Å²) in [7, 11) is -2.10. The van der Waals surface area contributed by atoms with Crippen molar-refractivity contribution in [2.45, 2.75) is 49.9 Å². The molecular weight excluding hydrogens is 406 g/mol. The van der Waals surface area contributed by atoms with E-state index in [1.165, 1.54) is 6.92 Å². The van der Waals surface area contributed by atoms with E-state index in [1.54, 1.807) is 34.9 Å². The van der Waals surface area contributed by atoms with Crippen LogP contribution in [0.15, 0.2) is 41.7 Å². The van der Waals surface area contributed by atoms with Crippen molar-refractivity contribution in [1.82, 2.24) is 14.5 Å². The van der Waals surface area contributed by atoms with Gasteiger partial charge in [-0.1, -0.05) is 30.3 Å². The minimum absolute atomic E-state index is 0.000906. The van der Waals surface area contributed by atoms with Crippen molar-refractivity contribution in [3.63, 3.8) is 0 Å². The molecule has 8 nitrogen and oxygen atoms in total. The van der Waals surface area contributed by atoms with Gasteiger partial charge in [0, 0.05) is 33.7 Å². The van der Waals surface area contributed by atoms with Gasteiger partial charge in [-0.2, -0.15) is 0 Å².